The summed E-state index contributed by atoms with van der Waals surface area (Å²) < 4.78 is 5.35. The van der Waals surface area contributed by atoms with Crippen molar-refractivity contribution in [3.8, 4) is 0 Å². The summed E-state index contributed by atoms with van der Waals surface area (Å²) in [7, 11) is 1.51. The van der Waals surface area contributed by atoms with E-state index in [0.717, 1.165) is 10.8 Å². The zero-order valence-electron chi connectivity index (χ0n) is 14.2. The van der Waals surface area contributed by atoms with E-state index in [0.29, 0.717) is 21.5 Å². The van der Waals surface area contributed by atoms with Crippen molar-refractivity contribution < 1.29 is 14.0 Å². The largest absolute Gasteiger partial charge is 0.422 e. The van der Waals surface area contributed by atoms with Crippen molar-refractivity contribution >= 4 is 49.9 Å². The quantitative estimate of drug-likeness (QED) is 0.421. The molecule has 0 bridgehead atoms. The normalized spacial score (nSPS) is 10.9. The van der Waals surface area contributed by atoms with Crippen LogP contribution in [0.25, 0.3) is 21.7 Å². The Labute approximate surface area is 157 Å². The fourth-order valence-electron chi connectivity index (χ4n) is 2.92. The highest BCUT2D eigenvalue weighted by atomic mass is 32.1. The highest BCUT2D eigenvalue weighted by Gasteiger charge is 2.19. The number of hydrogen-bond acceptors (Lipinski definition) is 5. The van der Waals surface area contributed by atoms with Crippen LogP contribution in [0.2, 0.25) is 0 Å². The number of fused-ring (bicyclic) bond motifs is 3. The molecule has 7 heteroatoms. The van der Waals surface area contributed by atoms with Crippen molar-refractivity contribution in [2.45, 2.75) is 0 Å². The van der Waals surface area contributed by atoms with Gasteiger partial charge in [-0.1, -0.05) is 30.3 Å². The molecule has 2 aromatic heterocycles. The molecule has 6 nitrogen and oxygen atoms in total. The third-order valence-electron chi connectivity index (χ3n) is 4.25. The lowest BCUT2D eigenvalue weighted by atomic mass is 10.0. The molecule has 0 unspecified atom stereocenters. The van der Waals surface area contributed by atoms with Gasteiger partial charge in [-0.2, -0.15) is 0 Å². The van der Waals surface area contributed by atoms with Crippen LogP contribution in [-0.4, -0.2) is 18.9 Å². The molecule has 0 atom stereocenters. The standard InChI is InChI=1S/C20H14N2O4S/c1-21-17(23)13-8-9-27-19(13)22-18(24)15-10-14-12-5-3-2-4-11(12)6-7-16(14)26-20(15)25/h2-10H,1H3,(H,21,23)(H,22,24). The number of carbonyl (C=O) groups is 2. The predicted octanol–water partition coefficient (Wildman–Crippen LogP) is 3.62. The maximum absolute atomic E-state index is 12.7. The molecule has 0 fully saturated rings. The molecule has 0 aliphatic carbocycles. The zero-order chi connectivity index (χ0) is 19.0. The molecule has 27 heavy (non-hydrogen) atoms. The lowest BCUT2D eigenvalue weighted by molar-refractivity contribution is 0.0964. The Morgan fingerprint density at radius 2 is 1.78 bits per heavy atom. The maximum atomic E-state index is 12.7. The van der Waals surface area contributed by atoms with Gasteiger partial charge in [-0.25, -0.2) is 4.79 Å². The highest BCUT2D eigenvalue weighted by molar-refractivity contribution is 7.14. The number of thiophene rings is 1. The Bertz CT molecular complexity index is 1260. The Kier molecular flexibility index (Phi) is 4.21. The summed E-state index contributed by atoms with van der Waals surface area (Å²) in [6, 6.07) is 14.4. The molecular weight excluding hydrogens is 364 g/mol. The second kappa shape index (κ2) is 6.69. The Hall–Kier alpha value is -3.45. The topological polar surface area (TPSA) is 88.4 Å². The molecule has 2 amide bonds. The summed E-state index contributed by atoms with van der Waals surface area (Å²) in [6.45, 7) is 0. The molecule has 0 aliphatic rings. The monoisotopic (exact) mass is 378 g/mol. The maximum Gasteiger partial charge on any atom is 0.349 e. The van der Waals surface area contributed by atoms with E-state index in [1.807, 2.05) is 30.3 Å². The van der Waals surface area contributed by atoms with Crippen molar-refractivity contribution in [1.29, 1.82) is 0 Å². The minimum absolute atomic E-state index is 0.116. The van der Waals surface area contributed by atoms with Crippen LogP contribution in [0.3, 0.4) is 0 Å². The van der Waals surface area contributed by atoms with Crippen LogP contribution in [0.15, 0.2) is 63.1 Å². The van der Waals surface area contributed by atoms with E-state index in [2.05, 4.69) is 10.6 Å². The van der Waals surface area contributed by atoms with E-state index in [9.17, 15) is 14.4 Å². The molecule has 134 valence electrons. The number of benzene rings is 2. The van der Waals surface area contributed by atoms with E-state index >= 15 is 0 Å². The van der Waals surface area contributed by atoms with Crippen LogP contribution in [0, 0.1) is 0 Å². The number of anilines is 1. The lowest BCUT2D eigenvalue weighted by Crippen LogP contribution is -2.23. The molecule has 0 spiro atoms. The van der Waals surface area contributed by atoms with Crippen LogP contribution < -0.4 is 16.3 Å². The van der Waals surface area contributed by atoms with Crippen molar-refractivity contribution in [2.24, 2.45) is 0 Å². The molecule has 4 rings (SSSR count). The smallest absolute Gasteiger partial charge is 0.349 e. The fourth-order valence-corrected chi connectivity index (χ4v) is 3.70. The van der Waals surface area contributed by atoms with Crippen LogP contribution in [0.5, 0.6) is 0 Å². The minimum Gasteiger partial charge on any atom is -0.422 e. The summed E-state index contributed by atoms with van der Waals surface area (Å²) in [5.41, 5.74) is -0.0904. The summed E-state index contributed by atoms with van der Waals surface area (Å²) >= 11 is 1.20. The van der Waals surface area contributed by atoms with E-state index in [1.165, 1.54) is 24.5 Å². The number of rotatable bonds is 3. The van der Waals surface area contributed by atoms with Gasteiger partial charge in [-0.05, 0) is 34.4 Å². The average Bonchev–Trinajstić information content (AvgIpc) is 3.14. The van der Waals surface area contributed by atoms with Crippen LogP contribution >= 0.6 is 11.3 Å². The van der Waals surface area contributed by atoms with Gasteiger partial charge < -0.3 is 15.1 Å². The first kappa shape index (κ1) is 17.0. The van der Waals surface area contributed by atoms with Gasteiger partial charge in [0.1, 0.15) is 16.1 Å². The molecular formula is C20H14N2O4S. The summed E-state index contributed by atoms with van der Waals surface area (Å²) in [5, 5.41) is 9.75. The number of carbonyl (C=O) groups excluding carboxylic acids is 2. The first-order valence-corrected chi connectivity index (χ1v) is 9.03. The molecule has 2 heterocycles. The zero-order valence-corrected chi connectivity index (χ0v) is 15.1. The lowest BCUT2D eigenvalue weighted by Gasteiger charge is -2.07. The molecule has 2 N–H and O–H groups in total. The second-order valence-electron chi connectivity index (χ2n) is 5.84. The predicted molar refractivity (Wildman–Crippen MR) is 106 cm³/mol. The summed E-state index contributed by atoms with van der Waals surface area (Å²) in [5.74, 6) is -0.936. The number of hydrogen-bond donors (Lipinski definition) is 2. The van der Waals surface area contributed by atoms with Gasteiger partial charge in [-0.15, -0.1) is 11.3 Å². The minimum atomic E-state index is -0.728. The third kappa shape index (κ3) is 2.98. The number of amides is 2. The fraction of sp³-hybridized carbons (Fsp3) is 0.0500. The van der Waals surface area contributed by atoms with Gasteiger partial charge in [-0.3, -0.25) is 9.59 Å². The Balaban J connectivity index is 1.79. The summed E-state index contributed by atoms with van der Waals surface area (Å²) in [4.78, 5) is 36.9. The third-order valence-corrected chi connectivity index (χ3v) is 5.08. The van der Waals surface area contributed by atoms with Crippen LogP contribution in [-0.2, 0) is 0 Å². The van der Waals surface area contributed by atoms with Crippen molar-refractivity contribution in [3.63, 3.8) is 0 Å². The van der Waals surface area contributed by atoms with Crippen molar-refractivity contribution in [3.05, 3.63) is 75.5 Å². The van der Waals surface area contributed by atoms with Gasteiger partial charge in [0.2, 0.25) is 0 Å². The molecule has 0 saturated carbocycles. The molecule has 0 saturated heterocycles. The van der Waals surface area contributed by atoms with Gasteiger partial charge in [0.05, 0.1) is 5.56 Å². The SMILES string of the molecule is CNC(=O)c1ccsc1NC(=O)c1cc2c(ccc3ccccc32)oc1=O. The van der Waals surface area contributed by atoms with Gasteiger partial charge in [0.25, 0.3) is 11.8 Å². The van der Waals surface area contributed by atoms with E-state index in [1.54, 1.807) is 17.5 Å². The van der Waals surface area contributed by atoms with E-state index in [-0.39, 0.29) is 11.5 Å². The van der Waals surface area contributed by atoms with E-state index in [4.69, 9.17) is 4.42 Å². The molecule has 2 aromatic carbocycles. The molecule has 0 aliphatic heterocycles. The van der Waals surface area contributed by atoms with Gasteiger partial charge in [0, 0.05) is 12.4 Å². The Morgan fingerprint density at radius 1 is 0.963 bits per heavy atom. The van der Waals surface area contributed by atoms with Crippen molar-refractivity contribution in [2.75, 3.05) is 12.4 Å². The highest BCUT2D eigenvalue weighted by Crippen LogP contribution is 2.26. The first-order chi connectivity index (χ1) is 13.1. The van der Waals surface area contributed by atoms with Crippen LogP contribution in [0.4, 0.5) is 5.00 Å². The van der Waals surface area contributed by atoms with Gasteiger partial charge in [0.15, 0.2) is 0 Å². The second-order valence-corrected chi connectivity index (χ2v) is 6.76. The van der Waals surface area contributed by atoms with Crippen LogP contribution in [0.1, 0.15) is 20.7 Å². The first-order valence-electron chi connectivity index (χ1n) is 8.15. The average molecular weight is 378 g/mol. The van der Waals surface area contributed by atoms with Crippen molar-refractivity contribution in [1.82, 2.24) is 5.32 Å². The molecule has 4 aromatic rings. The molecule has 0 radical (unpaired) electrons. The van der Waals surface area contributed by atoms with Gasteiger partial charge >= 0.3 is 5.63 Å². The Morgan fingerprint density at radius 3 is 2.59 bits per heavy atom. The van der Waals surface area contributed by atoms with E-state index < -0.39 is 11.5 Å². The number of nitrogens with one attached hydrogen (secondary N) is 2. The summed E-state index contributed by atoms with van der Waals surface area (Å²) in [6.07, 6.45) is 0.